The van der Waals surface area contributed by atoms with Gasteiger partial charge in [0.2, 0.25) is 5.95 Å². The number of aryl methyl sites for hydroxylation is 1. The standard InChI is InChI=1S/C24H26Cl2N6OS/c1-31-21-14-16(5-6-20(21)29-23(31)27-7-8-32-9-11-33-12-10-32)13-17-15-28-24(34-17)30-22-18(25)3-2-4-19(22)26/h2-6,13-15,24,30H,7-12H2,1H3,(H,27,29). The summed E-state index contributed by atoms with van der Waals surface area (Å²) in [6.07, 6.45) is 4.00. The molecule has 10 heteroatoms. The number of nitrogens with zero attached hydrogens (tertiary/aromatic N) is 4. The summed E-state index contributed by atoms with van der Waals surface area (Å²) in [5.41, 5.74) is 3.68. The lowest BCUT2D eigenvalue weighted by Gasteiger charge is -2.26. The number of halogens is 2. The van der Waals surface area contributed by atoms with Crippen LogP contribution < -0.4 is 10.6 Å². The number of fused-ring (bicyclic) bond motifs is 1. The summed E-state index contributed by atoms with van der Waals surface area (Å²) in [6, 6.07) is 11.7. The molecule has 2 aromatic carbocycles. The molecular formula is C24H26Cl2N6OS. The number of ether oxygens (including phenoxy) is 1. The molecule has 1 saturated heterocycles. The molecule has 0 saturated carbocycles. The Kier molecular flexibility index (Phi) is 7.32. The van der Waals surface area contributed by atoms with E-state index in [0.29, 0.717) is 15.7 Å². The number of morpholine rings is 1. The van der Waals surface area contributed by atoms with Crippen molar-refractivity contribution < 1.29 is 4.74 Å². The van der Waals surface area contributed by atoms with E-state index in [2.05, 4.69) is 49.4 Å². The predicted octanol–water partition coefficient (Wildman–Crippen LogP) is 5.18. The van der Waals surface area contributed by atoms with Crippen molar-refractivity contribution in [3.63, 3.8) is 0 Å². The van der Waals surface area contributed by atoms with Crippen molar-refractivity contribution in [2.45, 2.75) is 5.50 Å². The fourth-order valence-corrected chi connectivity index (χ4v) is 5.39. The molecule has 1 aromatic heterocycles. The van der Waals surface area contributed by atoms with Crippen LogP contribution in [0.1, 0.15) is 5.56 Å². The molecule has 0 amide bonds. The number of aliphatic imine (C=N–C) groups is 1. The normalized spacial score (nSPS) is 19.9. The van der Waals surface area contributed by atoms with Crippen molar-refractivity contribution in [2.75, 3.05) is 50.0 Å². The predicted molar refractivity (Wildman–Crippen MR) is 144 cm³/mol. The van der Waals surface area contributed by atoms with Crippen molar-refractivity contribution in [1.29, 1.82) is 0 Å². The van der Waals surface area contributed by atoms with Crippen molar-refractivity contribution in [3.05, 3.63) is 56.9 Å². The van der Waals surface area contributed by atoms with Crippen molar-refractivity contribution in [3.8, 4) is 0 Å². The van der Waals surface area contributed by atoms with Gasteiger partial charge in [0, 0.05) is 44.3 Å². The largest absolute Gasteiger partial charge is 0.379 e. The zero-order valence-electron chi connectivity index (χ0n) is 18.8. The van der Waals surface area contributed by atoms with Crippen LogP contribution in [0.4, 0.5) is 11.6 Å². The van der Waals surface area contributed by atoms with E-state index < -0.39 is 0 Å². The molecule has 2 aliphatic rings. The first-order valence-electron chi connectivity index (χ1n) is 11.2. The minimum Gasteiger partial charge on any atom is -0.379 e. The van der Waals surface area contributed by atoms with Gasteiger partial charge in [-0.25, -0.2) is 4.98 Å². The van der Waals surface area contributed by atoms with Crippen LogP contribution in [0, 0.1) is 0 Å². The van der Waals surface area contributed by atoms with Crippen LogP contribution in [0.3, 0.4) is 0 Å². The third kappa shape index (κ3) is 5.37. The van der Waals surface area contributed by atoms with E-state index in [0.717, 1.165) is 66.8 Å². The summed E-state index contributed by atoms with van der Waals surface area (Å²) in [5, 5.41) is 7.95. The SMILES string of the molecule is Cn1c(NCCN2CCOCC2)nc2ccc(C=C3C=NC(Nc4c(Cl)cccc4Cl)S3)cc21. The van der Waals surface area contributed by atoms with Crippen LogP contribution in [-0.4, -0.2) is 65.6 Å². The zero-order chi connectivity index (χ0) is 23.5. The summed E-state index contributed by atoms with van der Waals surface area (Å²) in [7, 11) is 2.04. The number of benzene rings is 2. The molecule has 5 rings (SSSR count). The Morgan fingerprint density at radius 2 is 1.97 bits per heavy atom. The van der Waals surface area contributed by atoms with Crippen molar-refractivity contribution in [2.24, 2.45) is 12.0 Å². The van der Waals surface area contributed by atoms with Gasteiger partial charge in [-0.3, -0.25) is 9.89 Å². The molecule has 34 heavy (non-hydrogen) atoms. The number of imidazole rings is 1. The van der Waals surface area contributed by atoms with Gasteiger partial charge in [-0.1, -0.05) is 47.1 Å². The van der Waals surface area contributed by atoms with Gasteiger partial charge >= 0.3 is 0 Å². The zero-order valence-corrected chi connectivity index (χ0v) is 21.1. The van der Waals surface area contributed by atoms with Gasteiger partial charge in [0.25, 0.3) is 0 Å². The number of hydrogen-bond donors (Lipinski definition) is 2. The molecule has 2 aliphatic heterocycles. The summed E-state index contributed by atoms with van der Waals surface area (Å²) in [4.78, 5) is 12.8. The van der Waals surface area contributed by atoms with E-state index in [1.807, 2.05) is 31.5 Å². The minimum absolute atomic E-state index is 0.175. The van der Waals surface area contributed by atoms with Crippen LogP contribution in [0.15, 0.2) is 46.3 Å². The van der Waals surface area contributed by atoms with E-state index in [9.17, 15) is 0 Å². The molecule has 1 unspecified atom stereocenters. The maximum absolute atomic E-state index is 6.27. The van der Waals surface area contributed by atoms with Gasteiger partial charge in [0.15, 0.2) is 5.50 Å². The third-order valence-corrected chi connectivity index (χ3v) is 7.43. The summed E-state index contributed by atoms with van der Waals surface area (Å²) >= 11 is 14.2. The van der Waals surface area contributed by atoms with Gasteiger partial charge < -0.3 is 19.9 Å². The second-order valence-corrected chi connectivity index (χ2v) is 10.1. The smallest absolute Gasteiger partial charge is 0.203 e. The fraction of sp³-hybridized carbons (Fsp3) is 0.333. The number of hydrogen-bond acceptors (Lipinski definition) is 7. The highest BCUT2D eigenvalue weighted by atomic mass is 35.5. The van der Waals surface area contributed by atoms with E-state index in [1.165, 1.54) is 0 Å². The Hall–Kier alpha value is -2.23. The first-order valence-corrected chi connectivity index (χ1v) is 12.8. The highest BCUT2D eigenvalue weighted by molar-refractivity contribution is 8.05. The Morgan fingerprint density at radius 1 is 1.18 bits per heavy atom. The lowest BCUT2D eigenvalue weighted by molar-refractivity contribution is 0.0398. The molecular weight excluding hydrogens is 491 g/mol. The quantitative estimate of drug-likeness (QED) is 0.451. The highest BCUT2D eigenvalue weighted by Gasteiger charge is 2.18. The lowest BCUT2D eigenvalue weighted by atomic mass is 10.2. The van der Waals surface area contributed by atoms with Gasteiger partial charge in [0.1, 0.15) is 0 Å². The van der Waals surface area contributed by atoms with E-state index in [4.69, 9.17) is 32.9 Å². The lowest BCUT2D eigenvalue weighted by Crippen LogP contribution is -2.39. The Morgan fingerprint density at radius 3 is 2.76 bits per heavy atom. The van der Waals surface area contributed by atoms with Gasteiger partial charge in [-0.05, 0) is 35.9 Å². The molecule has 178 valence electrons. The maximum atomic E-state index is 6.27. The number of nitrogens with one attached hydrogen (secondary N) is 2. The summed E-state index contributed by atoms with van der Waals surface area (Å²) in [5.74, 6) is 0.880. The number of rotatable bonds is 7. The monoisotopic (exact) mass is 516 g/mol. The number of thioether (sulfide) groups is 1. The number of allylic oxidation sites excluding steroid dienone is 1. The molecule has 7 nitrogen and oxygen atoms in total. The second-order valence-electron chi connectivity index (χ2n) is 8.16. The van der Waals surface area contributed by atoms with Crippen LogP contribution in [0.5, 0.6) is 0 Å². The average Bonchev–Trinajstić information content (AvgIpc) is 3.41. The van der Waals surface area contributed by atoms with Crippen LogP contribution in [0.2, 0.25) is 10.0 Å². The first-order chi connectivity index (χ1) is 16.6. The molecule has 1 fully saturated rings. The minimum atomic E-state index is -0.175. The molecule has 2 N–H and O–H groups in total. The highest BCUT2D eigenvalue weighted by Crippen LogP contribution is 2.36. The van der Waals surface area contributed by atoms with Gasteiger partial charge in [-0.15, -0.1) is 0 Å². The number of aromatic nitrogens is 2. The van der Waals surface area contributed by atoms with E-state index in [1.54, 1.807) is 11.8 Å². The van der Waals surface area contributed by atoms with Crippen LogP contribution >= 0.6 is 35.0 Å². The molecule has 3 aromatic rings. The van der Waals surface area contributed by atoms with E-state index >= 15 is 0 Å². The fourth-order valence-electron chi connectivity index (χ4n) is 4.00. The molecule has 0 spiro atoms. The van der Waals surface area contributed by atoms with E-state index in [-0.39, 0.29) is 5.50 Å². The van der Waals surface area contributed by atoms with Crippen molar-refractivity contribution >= 4 is 69.9 Å². The second kappa shape index (κ2) is 10.6. The summed E-state index contributed by atoms with van der Waals surface area (Å²) in [6.45, 7) is 5.45. The molecule has 1 atom stereocenters. The molecule has 0 aliphatic carbocycles. The molecule has 3 heterocycles. The third-order valence-electron chi connectivity index (χ3n) is 5.84. The van der Waals surface area contributed by atoms with Gasteiger partial charge in [0.05, 0.1) is 40.0 Å². The van der Waals surface area contributed by atoms with Gasteiger partial charge in [-0.2, -0.15) is 0 Å². The average molecular weight is 517 g/mol. The van der Waals surface area contributed by atoms with Crippen LogP contribution in [0.25, 0.3) is 17.1 Å². The Bertz CT molecular complexity index is 1220. The molecule has 0 radical (unpaired) electrons. The van der Waals surface area contributed by atoms with Crippen molar-refractivity contribution in [1.82, 2.24) is 14.5 Å². The maximum Gasteiger partial charge on any atom is 0.203 e. The Labute approximate surface area is 213 Å². The number of anilines is 2. The summed E-state index contributed by atoms with van der Waals surface area (Å²) < 4.78 is 7.52. The number of para-hydroxylation sites is 1. The Balaban J connectivity index is 1.23. The molecule has 0 bridgehead atoms. The first kappa shape index (κ1) is 23.5. The van der Waals surface area contributed by atoms with Crippen LogP contribution in [-0.2, 0) is 11.8 Å². The topological polar surface area (TPSA) is 66.7 Å².